The molecule has 0 aliphatic heterocycles. The summed E-state index contributed by atoms with van der Waals surface area (Å²) in [5, 5.41) is 0. The Morgan fingerprint density at radius 3 is 2.50 bits per heavy atom. The molecule has 0 bridgehead atoms. The summed E-state index contributed by atoms with van der Waals surface area (Å²) in [6.07, 6.45) is 1.78. The van der Waals surface area contributed by atoms with E-state index in [2.05, 4.69) is 4.79 Å². The van der Waals surface area contributed by atoms with Gasteiger partial charge in [-0.15, -0.1) is 0 Å². The third kappa shape index (κ3) is 3.98. The van der Waals surface area contributed by atoms with Crippen LogP contribution in [-0.2, 0) is 4.79 Å². The highest BCUT2D eigenvalue weighted by atomic mass is 16.1. The van der Waals surface area contributed by atoms with Crippen LogP contribution in [0.2, 0.25) is 0 Å². The van der Waals surface area contributed by atoms with E-state index < -0.39 is 0 Å². The normalized spacial score (nSPS) is 10.3. The summed E-state index contributed by atoms with van der Waals surface area (Å²) in [7, 11) is 0. The maximum atomic E-state index is 10.6. The fourth-order valence-electron chi connectivity index (χ4n) is 0.844. The first-order chi connectivity index (χ1) is 4.48. The first kappa shape index (κ1) is 9.05. The lowest BCUT2D eigenvalue weighted by atomic mass is 9.89. The zero-order valence-corrected chi connectivity index (χ0v) is 6.59. The van der Waals surface area contributed by atoms with Crippen LogP contribution in [0.4, 0.5) is 0 Å². The zero-order chi connectivity index (χ0) is 8.20. The molecule has 0 rings (SSSR count). The van der Waals surface area contributed by atoms with Crippen molar-refractivity contribution in [2.24, 2.45) is 5.41 Å². The number of carbonyl (C=O) groups excluding carboxylic acids is 1. The van der Waals surface area contributed by atoms with E-state index in [9.17, 15) is 4.79 Å². The van der Waals surface area contributed by atoms with E-state index in [1.54, 1.807) is 0 Å². The highest BCUT2D eigenvalue weighted by Gasteiger charge is 2.21. The Morgan fingerprint density at radius 2 is 2.20 bits per heavy atom. The number of hydrogen-bond acceptors (Lipinski definition) is 1. The van der Waals surface area contributed by atoms with Crippen LogP contribution in [0.5, 0.6) is 0 Å². The first-order valence-electron chi connectivity index (χ1n) is 3.16. The van der Waals surface area contributed by atoms with Crippen molar-refractivity contribution < 1.29 is 9.58 Å². The van der Waals surface area contributed by atoms with Gasteiger partial charge in [-0.25, -0.2) is 0 Å². The van der Waals surface area contributed by atoms with Crippen LogP contribution in [0.25, 0.3) is 5.53 Å². The molecule has 0 aromatic heterocycles. The molecule has 0 amide bonds. The van der Waals surface area contributed by atoms with Gasteiger partial charge in [-0.1, -0.05) is 0 Å². The lowest BCUT2D eigenvalue weighted by Crippen LogP contribution is -2.17. The van der Waals surface area contributed by atoms with Gasteiger partial charge < -0.3 is 5.53 Å². The molecule has 3 heteroatoms. The van der Waals surface area contributed by atoms with Crippen molar-refractivity contribution in [2.75, 3.05) is 0 Å². The van der Waals surface area contributed by atoms with E-state index in [0.717, 1.165) is 0 Å². The highest BCUT2D eigenvalue weighted by molar-refractivity contribution is 5.80. The average molecular weight is 140 g/mol. The molecule has 10 heavy (non-hydrogen) atoms. The summed E-state index contributed by atoms with van der Waals surface area (Å²) < 4.78 is 0. The topological polar surface area (TPSA) is 53.5 Å². The maximum Gasteiger partial charge on any atom is 0.263 e. The third-order valence-corrected chi connectivity index (χ3v) is 1.11. The molecule has 0 spiro atoms. The lowest BCUT2D eigenvalue weighted by Gasteiger charge is -2.09. The number of hydrogen-bond donors (Lipinski definition) is 0. The molecule has 56 valence electrons. The molecule has 0 heterocycles. The Kier molecular flexibility index (Phi) is 2.97. The van der Waals surface area contributed by atoms with Gasteiger partial charge in [0.2, 0.25) is 0 Å². The number of nitrogens with zero attached hydrogens (tertiary/aromatic N) is 2. The molecule has 0 unspecified atom stereocenters. The van der Waals surface area contributed by atoms with E-state index in [4.69, 9.17) is 5.53 Å². The fraction of sp³-hybridized carbons (Fsp3) is 0.714. The molecule has 0 aromatic carbocycles. The minimum absolute atomic E-state index is 0.102. The van der Waals surface area contributed by atoms with Crippen LogP contribution < -0.4 is 0 Å². The SMILES string of the molecule is CC(=O)CC(C)(C)C=[N+]=[N-]. The molecule has 0 aliphatic rings. The van der Waals surface area contributed by atoms with Gasteiger partial charge in [-0.05, 0) is 20.8 Å². The van der Waals surface area contributed by atoms with E-state index >= 15 is 0 Å². The van der Waals surface area contributed by atoms with Crippen molar-refractivity contribution in [3.8, 4) is 0 Å². The minimum Gasteiger partial charge on any atom is -0.362 e. The standard InChI is InChI=1S/C7H12N2O/c1-6(10)4-7(2,3)5-9-8/h5H,4H2,1-3H3. The number of ketones is 1. The third-order valence-electron chi connectivity index (χ3n) is 1.11. The summed E-state index contributed by atoms with van der Waals surface area (Å²) in [5.41, 5.74) is 7.85. The van der Waals surface area contributed by atoms with E-state index in [1.807, 2.05) is 13.8 Å². The molecule has 0 N–H and O–H groups in total. The van der Waals surface area contributed by atoms with Gasteiger partial charge in [0.15, 0.2) is 0 Å². The molecule has 0 aromatic rings. The van der Waals surface area contributed by atoms with E-state index in [-0.39, 0.29) is 11.2 Å². The maximum absolute atomic E-state index is 10.6. The Morgan fingerprint density at radius 1 is 1.70 bits per heavy atom. The summed E-state index contributed by atoms with van der Waals surface area (Å²) in [6, 6.07) is 0. The van der Waals surface area contributed by atoms with Gasteiger partial charge in [0, 0.05) is 6.42 Å². The quantitative estimate of drug-likeness (QED) is 0.331. The fourth-order valence-corrected chi connectivity index (χ4v) is 0.844. The number of Topliss-reactive ketones (excluding diaryl/α,β-unsaturated/α-hetero) is 1. The van der Waals surface area contributed by atoms with Crippen LogP contribution in [0.15, 0.2) is 0 Å². The Bertz CT molecular complexity index is 178. The lowest BCUT2D eigenvalue weighted by molar-refractivity contribution is -0.118. The summed E-state index contributed by atoms with van der Waals surface area (Å²) in [6.45, 7) is 5.20. The smallest absolute Gasteiger partial charge is 0.263 e. The molecule has 0 aliphatic carbocycles. The molecule has 0 fully saturated rings. The second kappa shape index (κ2) is 3.28. The monoisotopic (exact) mass is 140 g/mol. The Hall–Kier alpha value is -0.950. The Balaban J connectivity index is 4.12. The van der Waals surface area contributed by atoms with Gasteiger partial charge in [0.05, 0.1) is 5.41 Å². The van der Waals surface area contributed by atoms with Crippen LogP contribution in [0.3, 0.4) is 0 Å². The van der Waals surface area contributed by atoms with Gasteiger partial charge >= 0.3 is 0 Å². The van der Waals surface area contributed by atoms with Crippen molar-refractivity contribution in [2.45, 2.75) is 27.2 Å². The molecule has 0 saturated carbocycles. The van der Waals surface area contributed by atoms with Gasteiger partial charge in [-0.2, -0.15) is 4.79 Å². The largest absolute Gasteiger partial charge is 0.362 e. The minimum atomic E-state index is -0.319. The van der Waals surface area contributed by atoms with Gasteiger partial charge in [0.25, 0.3) is 6.21 Å². The van der Waals surface area contributed by atoms with Crippen molar-refractivity contribution >= 4 is 12.0 Å². The molecular weight excluding hydrogens is 128 g/mol. The summed E-state index contributed by atoms with van der Waals surface area (Å²) >= 11 is 0. The predicted octanol–water partition coefficient (Wildman–Crippen LogP) is 1.29. The van der Waals surface area contributed by atoms with Crippen LogP contribution in [-0.4, -0.2) is 16.8 Å². The van der Waals surface area contributed by atoms with Crippen LogP contribution in [0.1, 0.15) is 27.2 Å². The molecule has 3 nitrogen and oxygen atoms in total. The summed E-state index contributed by atoms with van der Waals surface area (Å²) in [4.78, 5) is 13.5. The second-order valence-corrected chi connectivity index (χ2v) is 3.11. The zero-order valence-electron chi connectivity index (χ0n) is 6.59. The second-order valence-electron chi connectivity index (χ2n) is 3.11. The van der Waals surface area contributed by atoms with E-state index in [1.165, 1.54) is 13.1 Å². The number of rotatable bonds is 3. The van der Waals surface area contributed by atoms with Crippen molar-refractivity contribution in [3.05, 3.63) is 5.53 Å². The average Bonchev–Trinajstić information content (AvgIpc) is 1.59. The first-order valence-corrected chi connectivity index (χ1v) is 3.16. The molecule has 0 saturated heterocycles. The molecule has 0 atom stereocenters. The highest BCUT2D eigenvalue weighted by Crippen LogP contribution is 2.16. The predicted molar refractivity (Wildman–Crippen MR) is 38.8 cm³/mol. The van der Waals surface area contributed by atoms with Gasteiger partial charge in [0.1, 0.15) is 5.78 Å². The molecule has 0 radical (unpaired) electrons. The molecular formula is C7H12N2O. The van der Waals surface area contributed by atoms with Crippen LogP contribution in [0, 0.1) is 5.41 Å². The van der Waals surface area contributed by atoms with Crippen LogP contribution >= 0.6 is 0 Å². The van der Waals surface area contributed by atoms with Gasteiger partial charge in [-0.3, -0.25) is 4.79 Å². The van der Waals surface area contributed by atoms with Crippen molar-refractivity contribution in [1.82, 2.24) is 0 Å². The summed E-state index contributed by atoms with van der Waals surface area (Å²) in [5.74, 6) is 0.102. The van der Waals surface area contributed by atoms with Crippen molar-refractivity contribution in [3.63, 3.8) is 0 Å². The van der Waals surface area contributed by atoms with E-state index in [0.29, 0.717) is 6.42 Å². The van der Waals surface area contributed by atoms with Crippen molar-refractivity contribution in [1.29, 1.82) is 0 Å². The number of carbonyl (C=O) groups is 1. The Labute approximate surface area is 60.7 Å².